The molecule has 1 aromatic carbocycles. The van der Waals surface area contributed by atoms with Crippen molar-refractivity contribution in [1.82, 2.24) is 0 Å². The van der Waals surface area contributed by atoms with Crippen molar-refractivity contribution in [3.8, 4) is 11.5 Å². The molecule has 1 fully saturated rings. The Morgan fingerprint density at radius 1 is 1.06 bits per heavy atom. The van der Waals surface area contributed by atoms with Crippen molar-refractivity contribution in [1.29, 1.82) is 0 Å². The number of para-hydroxylation sites is 1. The van der Waals surface area contributed by atoms with E-state index in [0.29, 0.717) is 24.0 Å². The fourth-order valence-corrected chi connectivity index (χ4v) is 5.76. The van der Waals surface area contributed by atoms with Crippen LogP contribution < -0.4 is 9.47 Å². The molecule has 2 atom stereocenters. The van der Waals surface area contributed by atoms with E-state index in [1.165, 1.54) is 63.5 Å². The molecule has 0 N–H and O–H groups in total. The summed E-state index contributed by atoms with van der Waals surface area (Å²) in [4.78, 5) is 17.0. The van der Waals surface area contributed by atoms with Gasteiger partial charge in [-0.25, -0.2) is 4.79 Å². The maximum atomic E-state index is 12.4. The molecule has 0 saturated heterocycles. The van der Waals surface area contributed by atoms with Crippen molar-refractivity contribution in [2.45, 2.75) is 89.4 Å². The minimum atomic E-state index is -0.665. The van der Waals surface area contributed by atoms with E-state index in [1.807, 2.05) is 24.4 Å². The Labute approximate surface area is 208 Å². The molecule has 2 heterocycles. The third-order valence-corrected chi connectivity index (χ3v) is 7.69. The monoisotopic (exact) mass is 475 g/mol. The van der Waals surface area contributed by atoms with Gasteiger partial charge in [-0.3, -0.25) is 4.99 Å². The molecule has 0 aromatic heterocycles. The first-order chi connectivity index (χ1) is 17.2. The van der Waals surface area contributed by atoms with Gasteiger partial charge < -0.3 is 14.2 Å². The third kappa shape index (κ3) is 4.82. The van der Waals surface area contributed by atoms with Crippen LogP contribution in [-0.4, -0.2) is 18.5 Å². The second kappa shape index (κ2) is 10.8. The van der Waals surface area contributed by atoms with Gasteiger partial charge in [-0.05, 0) is 30.6 Å². The Bertz CT molecular complexity index is 1070. The maximum Gasteiger partial charge on any atom is 0.513 e. The van der Waals surface area contributed by atoms with E-state index in [1.54, 1.807) is 6.07 Å². The predicted molar refractivity (Wildman–Crippen MR) is 138 cm³/mol. The van der Waals surface area contributed by atoms with Crippen molar-refractivity contribution in [2.24, 2.45) is 10.9 Å². The number of fused-ring (bicyclic) bond motifs is 2. The maximum absolute atomic E-state index is 12.4. The van der Waals surface area contributed by atoms with Crippen molar-refractivity contribution < 1.29 is 19.0 Å². The number of nitrogens with zero attached hydrogens (tertiary/aromatic N) is 1. The number of allylic oxidation sites excluding steroid dienone is 4. The molecule has 35 heavy (non-hydrogen) atoms. The standard InChI is InChI=1S/C30H37NO4/c1-2-3-4-5-6-7-8-9-10-11-12-19-33-29(32)34-26-17-14-16-23-28(26)35-27-18-13-15-22-21-31-25-20-24(25)30(22,23)27/h13-18,21,24H,2-12,19-20H2,1H3. The number of rotatable bonds is 13. The highest BCUT2D eigenvalue weighted by Gasteiger charge is 2.62. The van der Waals surface area contributed by atoms with Gasteiger partial charge in [0.15, 0.2) is 11.5 Å². The SMILES string of the molecule is CCCCCCCCCCCCCOC(=O)Oc1cccc2c1OC1=CC=CC3=CN=C4CC4C312. The molecule has 5 nitrogen and oxygen atoms in total. The highest BCUT2D eigenvalue weighted by atomic mass is 16.7. The smallest absolute Gasteiger partial charge is 0.456 e. The molecule has 1 saturated carbocycles. The molecule has 5 heteroatoms. The summed E-state index contributed by atoms with van der Waals surface area (Å²) in [5.74, 6) is 2.25. The zero-order chi connectivity index (χ0) is 24.1. The Hall–Kier alpha value is -2.82. The number of ether oxygens (including phenoxy) is 3. The van der Waals surface area contributed by atoms with Crippen LogP contribution >= 0.6 is 0 Å². The first kappa shape index (κ1) is 23.9. The summed E-state index contributed by atoms with van der Waals surface area (Å²) in [6.07, 6.45) is 22.3. The molecule has 1 aromatic rings. The van der Waals surface area contributed by atoms with E-state index in [2.05, 4.69) is 24.1 Å². The number of hydrogen-bond donors (Lipinski definition) is 0. The second-order valence-corrected chi connectivity index (χ2v) is 10.1. The van der Waals surface area contributed by atoms with Gasteiger partial charge >= 0.3 is 6.16 Å². The topological polar surface area (TPSA) is 57.1 Å². The lowest BCUT2D eigenvalue weighted by atomic mass is 9.67. The molecule has 0 amide bonds. The Morgan fingerprint density at radius 2 is 1.80 bits per heavy atom. The molecule has 2 aliphatic heterocycles. The number of aliphatic imine (C=N–C) groups is 1. The Morgan fingerprint density at radius 3 is 2.57 bits per heavy atom. The number of carbonyl (C=O) groups is 1. The summed E-state index contributed by atoms with van der Waals surface area (Å²) >= 11 is 0. The summed E-state index contributed by atoms with van der Waals surface area (Å²) in [5, 5.41) is 0. The molecule has 2 aliphatic carbocycles. The number of carbonyl (C=O) groups excluding carboxylic acids is 1. The van der Waals surface area contributed by atoms with Gasteiger partial charge in [-0.1, -0.05) is 95.4 Å². The minimum Gasteiger partial charge on any atom is -0.456 e. The first-order valence-corrected chi connectivity index (χ1v) is 13.6. The molecular formula is C30H37NO4. The Kier molecular flexibility index (Phi) is 7.40. The van der Waals surface area contributed by atoms with Gasteiger partial charge in [0, 0.05) is 23.4 Å². The summed E-state index contributed by atoms with van der Waals surface area (Å²) < 4.78 is 17.3. The second-order valence-electron chi connectivity index (χ2n) is 10.1. The van der Waals surface area contributed by atoms with Crippen LogP contribution in [-0.2, 0) is 10.2 Å². The van der Waals surface area contributed by atoms with Crippen LogP contribution in [0.3, 0.4) is 0 Å². The molecule has 1 spiro atoms. The molecular weight excluding hydrogens is 438 g/mol. The van der Waals surface area contributed by atoms with Gasteiger partial charge in [-0.15, -0.1) is 0 Å². The van der Waals surface area contributed by atoms with E-state index < -0.39 is 6.16 Å². The van der Waals surface area contributed by atoms with Crippen molar-refractivity contribution in [2.75, 3.05) is 6.61 Å². The molecule has 186 valence electrons. The molecule has 0 bridgehead atoms. The van der Waals surface area contributed by atoms with Gasteiger partial charge in [0.2, 0.25) is 0 Å². The summed E-state index contributed by atoms with van der Waals surface area (Å²) in [5.41, 5.74) is 3.06. The van der Waals surface area contributed by atoms with Gasteiger partial charge in [0.1, 0.15) is 5.76 Å². The summed E-state index contributed by atoms with van der Waals surface area (Å²) in [6, 6.07) is 5.78. The third-order valence-electron chi connectivity index (χ3n) is 7.69. The van der Waals surface area contributed by atoms with Crippen LogP contribution in [0.1, 0.15) is 89.5 Å². The number of hydrogen-bond acceptors (Lipinski definition) is 5. The van der Waals surface area contributed by atoms with Crippen LogP contribution in [0.4, 0.5) is 4.79 Å². The minimum absolute atomic E-state index is 0.322. The fraction of sp³-hybridized carbons (Fsp3) is 0.533. The normalized spacial score (nSPS) is 22.5. The lowest BCUT2D eigenvalue weighted by molar-refractivity contribution is 0.0963. The van der Waals surface area contributed by atoms with Crippen LogP contribution in [0.15, 0.2) is 59.0 Å². The lowest BCUT2D eigenvalue weighted by Crippen LogP contribution is -2.34. The highest BCUT2D eigenvalue weighted by molar-refractivity contribution is 6.06. The summed E-state index contributed by atoms with van der Waals surface area (Å²) in [7, 11) is 0. The van der Waals surface area contributed by atoms with Crippen molar-refractivity contribution in [3.63, 3.8) is 0 Å². The van der Waals surface area contributed by atoms with Crippen LogP contribution in [0.5, 0.6) is 11.5 Å². The lowest BCUT2D eigenvalue weighted by Gasteiger charge is -2.33. The van der Waals surface area contributed by atoms with Crippen LogP contribution in [0.2, 0.25) is 0 Å². The average molecular weight is 476 g/mol. The van der Waals surface area contributed by atoms with E-state index in [4.69, 9.17) is 14.2 Å². The average Bonchev–Trinajstić information content (AvgIpc) is 3.59. The van der Waals surface area contributed by atoms with Crippen molar-refractivity contribution >= 4 is 11.9 Å². The van der Waals surface area contributed by atoms with E-state index in [0.717, 1.165) is 36.2 Å². The zero-order valence-corrected chi connectivity index (χ0v) is 20.9. The number of benzene rings is 1. The largest absolute Gasteiger partial charge is 0.513 e. The van der Waals surface area contributed by atoms with E-state index in [9.17, 15) is 4.79 Å². The molecule has 2 unspecified atom stereocenters. The molecule has 0 radical (unpaired) electrons. The summed E-state index contributed by atoms with van der Waals surface area (Å²) in [6.45, 7) is 2.65. The van der Waals surface area contributed by atoms with Gasteiger partial charge in [-0.2, -0.15) is 0 Å². The van der Waals surface area contributed by atoms with Gasteiger partial charge in [0.25, 0.3) is 0 Å². The highest BCUT2D eigenvalue weighted by Crippen LogP contribution is 2.64. The van der Waals surface area contributed by atoms with Crippen LogP contribution in [0, 0.1) is 5.92 Å². The molecule has 5 rings (SSSR count). The fourth-order valence-electron chi connectivity index (χ4n) is 5.76. The zero-order valence-electron chi connectivity index (χ0n) is 20.9. The van der Waals surface area contributed by atoms with Gasteiger partial charge in [0.05, 0.1) is 12.0 Å². The Balaban J connectivity index is 1.07. The predicted octanol–water partition coefficient (Wildman–Crippen LogP) is 7.96. The quantitative estimate of drug-likeness (QED) is 0.165. The van der Waals surface area contributed by atoms with Crippen LogP contribution in [0.25, 0.3) is 0 Å². The van der Waals surface area contributed by atoms with E-state index in [-0.39, 0.29) is 5.41 Å². The van der Waals surface area contributed by atoms with E-state index >= 15 is 0 Å². The van der Waals surface area contributed by atoms with Crippen molar-refractivity contribution in [3.05, 3.63) is 59.5 Å². The first-order valence-electron chi connectivity index (χ1n) is 13.6. The number of unbranched alkanes of at least 4 members (excludes halogenated alkanes) is 10. The molecule has 4 aliphatic rings.